The van der Waals surface area contributed by atoms with Gasteiger partial charge in [-0.05, 0) is 42.5 Å². The van der Waals surface area contributed by atoms with Crippen LogP contribution in [0.1, 0.15) is 15.9 Å². The number of rotatable bonds is 4. The fraction of sp³-hybridized carbons (Fsp3) is 0. The quantitative estimate of drug-likeness (QED) is 0.699. The molecule has 128 valence electrons. The maximum absolute atomic E-state index is 13.8. The highest BCUT2D eigenvalue weighted by Crippen LogP contribution is 2.21. The number of anilines is 3. The molecule has 0 bridgehead atoms. The van der Waals surface area contributed by atoms with Crippen LogP contribution in [-0.2, 0) is 0 Å². The van der Waals surface area contributed by atoms with Gasteiger partial charge in [0, 0.05) is 5.69 Å². The molecule has 3 rings (SSSR count). The van der Waals surface area contributed by atoms with Crippen LogP contribution < -0.4 is 10.6 Å². The Bertz CT molecular complexity index is 979. The molecule has 0 spiro atoms. The first-order chi connectivity index (χ1) is 12.6. The fourth-order valence-electron chi connectivity index (χ4n) is 2.27. The molecular weight excluding hydrogens is 355 g/mol. The van der Waals surface area contributed by atoms with Crippen LogP contribution >= 0.6 is 11.6 Å². The predicted octanol–water partition coefficient (Wildman–Crippen LogP) is 4.74. The lowest BCUT2D eigenvalue weighted by Gasteiger charge is -2.09. The van der Waals surface area contributed by atoms with Crippen molar-refractivity contribution < 1.29 is 9.18 Å². The molecule has 5 nitrogen and oxygen atoms in total. The van der Waals surface area contributed by atoms with Gasteiger partial charge in [0.25, 0.3) is 5.91 Å². The van der Waals surface area contributed by atoms with E-state index >= 15 is 0 Å². The third-order valence-corrected chi connectivity index (χ3v) is 3.79. The van der Waals surface area contributed by atoms with Crippen LogP contribution in [0.2, 0.25) is 5.02 Å². The summed E-state index contributed by atoms with van der Waals surface area (Å²) >= 11 is 5.88. The second-order valence-corrected chi connectivity index (χ2v) is 5.71. The molecule has 1 heterocycles. The highest BCUT2D eigenvalue weighted by atomic mass is 35.5. The van der Waals surface area contributed by atoms with Crippen molar-refractivity contribution >= 4 is 34.7 Å². The Balaban J connectivity index is 1.71. The molecule has 26 heavy (non-hydrogen) atoms. The topological polar surface area (TPSA) is 77.8 Å². The van der Waals surface area contributed by atoms with E-state index in [1.807, 2.05) is 6.07 Å². The summed E-state index contributed by atoms with van der Waals surface area (Å²) in [5.41, 5.74) is 1.71. The number of hydrogen-bond donors (Lipinski definition) is 2. The number of hydrogen-bond acceptors (Lipinski definition) is 4. The van der Waals surface area contributed by atoms with Crippen molar-refractivity contribution in [2.75, 3.05) is 10.6 Å². The lowest BCUT2D eigenvalue weighted by molar-refractivity contribution is 0.102. The van der Waals surface area contributed by atoms with E-state index < -0.39 is 11.7 Å². The first kappa shape index (κ1) is 17.4. The zero-order valence-corrected chi connectivity index (χ0v) is 14.1. The smallest absolute Gasteiger partial charge is 0.261 e. The molecule has 1 aromatic heterocycles. The molecule has 0 aliphatic carbocycles. The van der Waals surface area contributed by atoms with E-state index in [0.29, 0.717) is 11.3 Å². The second-order valence-electron chi connectivity index (χ2n) is 5.30. The lowest BCUT2D eigenvalue weighted by Crippen LogP contribution is -2.15. The van der Waals surface area contributed by atoms with Crippen molar-refractivity contribution in [3.05, 3.63) is 82.8 Å². The molecule has 7 heteroatoms. The van der Waals surface area contributed by atoms with E-state index in [4.69, 9.17) is 16.9 Å². The van der Waals surface area contributed by atoms with Crippen molar-refractivity contribution in [3.8, 4) is 6.07 Å². The molecule has 0 saturated carbocycles. The molecule has 0 unspecified atom stereocenters. The summed E-state index contributed by atoms with van der Waals surface area (Å²) in [6, 6.07) is 16.4. The third-order valence-electron chi connectivity index (χ3n) is 3.48. The number of halogens is 2. The van der Waals surface area contributed by atoms with Crippen molar-refractivity contribution in [1.82, 2.24) is 4.98 Å². The average Bonchev–Trinajstić information content (AvgIpc) is 2.63. The Kier molecular flexibility index (Phi) is 5.11. The highest BCUT2D eigenvalue weighted by Gasteiger charge is 2.16. The molecule has 0 atom stereocenters. The summed E-state index contributed by atoms with van der Waals surface area (Å²) in [4.78, 5) is 16.3. The number of amides is 1. The number of carbonyl (C=O) groups is 1. The van der Waals surface area contributed by atoms with E-state index in [1.165, 1.54) is 18.3 Å². The number of carbonyl (C=O) groups excluding carboxylic acids is 1. The number of aromatic nitrogens is 1. The Morgan fingerprint density at radius 1 is 1.12 bits per heavy atom. The van der Waals surface area contributed by atoms with Crippen molar-refractivity contribution in [2.45, 2.75) is 0 Å². The normalized spacial score (nSPS) is 10.0. The van der Waals surface area contributed by atoms with Gasteiger partial charge in [0.1, 0.15) is 11.6 Å². The van der Waals surface area contributed by atoms with Gasteiger partial charge in [0.2, 0.25) is 0 Å². The van der Waals surface area contributed by atoms with Gasteiger partial charge in [0.05, 0.1) is 34.1 Å². The van der Waals surface area contributed by atoms with Crippen LogP contribution in [0.3, 0.4) is 0 Å². The largest absolute Gasteiger partial charge is 0.354 e. The predicted molar refractivity (Wildman–Crippen MR) is 98.0 cm³/mol. The van der Waals surface area contributed by atoms with Crippen LogP contribution in [-0.4, -0.2) is 10.9 Å². The average molecular weight is 367 g/mol. The van der Waals surface area contributed by atoms with Gasteiger partial charge in [-0.15, -0.1) is 0 Å². The van der Waals surface area contributed by atoms with E-state index in [0.717, 1.165) is 11.8 Å². The summed E-state index contributed by atoms with van der Waals surface area (Å²) in [6.45, 7) is 0. The van der Waals surface area contributed by atoms with Crippen LogP contribution in [0, 0.1) is 17.1 Å². The van der Waals surface area contributed by atoms with Gasteiger partial charge >= 0.3 is 0 Å². The van der Waals surface area contributed by atoms with Gasteiger partial charge in [-0.25, -0.2) is 9.37 Å². The molecule has 3 aromatic rings. The first-order valence-corrected chi connectivity index (χ1v) is 7.93. The van der Waals surface area contributed by atoms with Gasteiger partial charge in [-0.2, -0.15) is 5.26 Å². The second kappa shape index (κ2) is 7.64. The van der Waals surface area contributed by atoms with Crippen molar-refractivity contribution in [2.24, 2.45) is 0 Å². The molecule has 0 aliphatic rings. The lowest BCUT2D eigenvalue weighted by atomic mass is 10.2. The number of nitrogens with zero attached hydrogens (tertiary/aromatic N) is 2. The molecule has 1 amide bonds. The Morgan fingerprint density at radius 3 is 2.62 bits per heavy atom. The molecule has 0 radical (unpaired) electrons. The van der Waals surface area contributed by atoms with E-state index in [1.54, 1.807) is 30.3 Å². The summed E-state index contributed by atoms with van der Waals surface area (Å²) < 4.78 is 13.8. The third kappa shape index (κ3) is 3.97. The van der Waals surface area contributed by atoms with E-state index in [-0.39, 0.29) is 16.4 Å². The number of benzene rings is 2. The molecule has 0 aliphatic heterocycles. The number of nitrogens with one attached hydrogen (secondary N) is 2. The van der Waals surface area contributed by atoms with Crippen molar-refractivity contribution in [3.63, 3.8) is 0 Å². The zero-order chi connectivity index (χ0) is 18.5. The molecule has 0 fully saturated rings. The minimum absolute atomic E-state index is 0.0261. The molecule has 2 N–H and O–H groups in total. The van der Waals surface area contributed by atoms with Crippen LogP contribution in [0.5, 0.6) is 0 Å². The molecule has 2 aromatic carbocycles. The number of nitriles is 1. The zero-order valence-electron chi connectivity index (χ0n) is 13.3. The van der Waals surface area contributed by atoms with Crippen molar-refractivity contribution in [1.29, 1.82) is 5.26 Å². The Morgan fingerprint density at radius 2 is 1.92 bits per heavy atom. The van der Waals surface area contributed by atoms with Crippen LogP contribution in [0.4, 0.5) is 21.6 Å². The first-order valence-electron chi connectivity index (χ1n) is 7.55. The fourth-order valence-corrected chi connectivity index (χ4v) is 2.52. The summed E-state index contributed by atoms with van der Waals surface area (Å²) in [6.07, 6.45) is 1.51. The summed E-state index contributed by atoms with van der Waals surface area (Å²) in [7, 11) is 0. The monoisotopic (exact) mass is 366 g/mol. The molecule has 0 saturated heterocycles. The Hall–Kier alpha value is -3.43. The number of pyridine rings is 1. The maximum atomic E-state index is 13.8. The van der Waals surface area contributed by atoms with Gasteiger partial charge in [0.15, 0.2) is 0 Å². The highest BCUT2D eigenvalue weighted by molar-refractivity contribution is 6.34. The van der Waals surface area contributed by atoms with Crippen LogP contribution in [0.25, 0.3) is 0 Å². The van der Waals surface area contributed by atoms with Crippen LogP contribution in [0.15, 0.2) is 60.8 Å². The van der Waals surface area contributed by atoms with E-state index in [2.05, 4.69) is 21.7 Å². The van der Waals surface area contributed by atoms with Gasteiger partial charge in [-0.1, -0.05) is 23.7 Å². The van der Waals surface area contributed by atoms with Gasteiger partial charge in [-0.3, -0.25) is 4.79 Å². The summed E-state index contributed by atoms with van der Waals surface area (Å²) in [5, 5.41) is 14.5. The summed E-state index contributed by atoms with van der Waals surface area (Å²) in [5.74, 6) is -1.13. The minimum Gasteiger partial charge on any atom is -0.354 e. The standard InChI is InChI=1S/C19H12ClFN4O/c20-15-5-2-6-16(21)18(15)19(26)25-17-8-7-14(11-23-17)24-13-4-1-3-12(9-13)10-22/h1-9,11,24H,(H,23,25,26). The van der Waals surface area contributed by atoms with E-state index in [9.17, 15) is 9.18 Å². The molecular formula is C19H12ClFN4O. The minimum atomic E-state index is -0.703. The Labute approximate surface area is 154 Å². The SMILES string of the molecule is N#Cc1cccc(Nc2ccc(NC(=O)c3c(F)cccc3Cl)nc2)c1. The maximum Gasteiger partial charge on any atom is 0.261 e. The van der Waals surface area contributed by atoms with Gasteiger partial charge < -0.3 is 10.6 Å².